The molecule has 0 atom stereocenters. The van der Waals surface area contributed by atoms with Crippen LogP contribution in [0.4, 0.5) is 0 Å². The van der Waals surface area contributed by atoms with Gasteiger partial charge in [0.15, 0.2) is 0 Å². The molecule has 0 aromatic rings. The molecular formula is C18H37. The number of hydrogen-bond donors (Lipinski definition) is 0. The molecule has 0 aliphatic rings. The van der Waals surface area contributed by atoms with Crippen LogP contribution in [0.15, 0.2) is 0 Å². The minimum absolute atomic E-state index is 1.02. The largest absolute Gasteiger partial charge is 0.0654 e. The Kier molecular flexibility index (Phi) is 15.1. The van der Waals surface area contributed by atoms with Gasteiger partial charge in [0, 0.05) is 0 Å². The lowest BCUT2D eigenvalue weighted by Crippen LogP contribution is -2.01. The normalized spacial score (nSPS) is 11.3. The average molecular weight is 253 g/mol. The van der Waals surface area contributed by atoms with Gasteiger partial charge in [0.25, 0.3) is 0 Å². The summed E-state index contributed by atoms with van der Waals surface area (Å²) in [6.07, 6.45) is 19.8. The molecule has 0 aromatic carbocycles. The van der Waals surface area contributed by atoms with E-state index in [0.29, 0.717) is 0 Å². The lowest BCUT2D eigenvalue weighted by atomic mass is 9.90. The highest BCUT2D eigenvalue weighted by Gasteiger charge is 2.08. The van der Waals surface area contributed by atoms with E-state index >= 15 is 0 Å². The highest BCUT2D eigenvalue weighted by molar-refractivity contribution is 4.61. The monoisotopic (exact) mass is 253 g/mol. The first-order chi connectivity index (χ1) is 8.85. The smallest absolute Gasteiger partial charge is 0.0414 e. The Morgan fingerprint density at radius 3 is 1.44 bits per heavy atom. The average Bonchev–Trinajstić information content (AvgIpc) is 2.39. The van der Waals surface area contributed by atoms with Gasteiger partial charge in [0.1, 0.15) is 0 Å². The van der Waals surface area contributed by atoms with E-state index in [0.717, 1.165) is 12.3 Å². The molecule has 0 aromatic heterocycles. The summed E-state index contributed by atoms with van der Waals surface area (Å²) in [6, 6.07) is 0. The van der Waals surface area contributed by atoms with Gasteiger partial charge in [-0.1, -0.05) is 111 Å². The predicted octanol–water partition coefficient (Wildman–Crippen LogP) is 6.94. The molecule has 0 saturated heterocycles. The minimum atomic E-state index is 1.02. The van der Waals surface area contributed by atoms with Crippen molar-refractivity contribution < 1.29 is 0 Å². The highest BCUT2D eigenvalue weighted by Crippen LogP contribution is 2.23. The Morgan fingerprint density at radius 1 is 0.611 bits per heavy atom. The van der Waals surface area contributed by atoms with Crippen LogP contribution in [0.5, 0.6) is 0 Å². The summed E-state index contributed by atoms with van der Waals surface area (Å²) in [5, 5.41) is 0. The molecule has 0 saturated carbocycles. The first kappa shape index (κ1) is 18.0. The van der Waals surface area contributed by atoms with Gasteiger partial charge in [-0.15, -0.1) is 0 Å². The Morgan fingerprint density at radius 2 is 1.06 bits per heavy atom. The maximum atomic E-state index is 3.96. The van der Waals surface area contributed by atoms with Crippen LogP contribution in [-0.4, -0.2) is 0 Å². The summed E-state index contributed by atoms with van der Waals surface area (Å²) in [7, 11) is 0. The molecule has 0 heterocycles. The van der Waals surface area contributed by atoms with Crippen molar-refractivity contribution in [2.75, 3.05) is 0 Å². The van der Waals surface area contributed by atoms with E-state index < -0.39 is 0 Å². The molecule has 0 fully saturated rings. The molecule has 109 valence electrons. The minimum Gasteiger partial charge on any atom is -0.0654 e. The quantitative estimate of drug-likeness (QED) is 0.294. The maximum Gasteiger partial charge on any atom is -0.0414 e. The lowest BCUT2D eigenvalue weighted by molar-refractivity contribution is 0.371. The zero-order valence-corrected chi connectivity index (χ0v) is 13.2. The van der Waals surface area contributed by atoms with E-state index in [1.807, 2.05) is 0 Å². The SMILES string of the molecule is [CH2]CCCCC(CCCCCC)CCCCCC. The van der Waals surface area contributed by atoms with Gasteiger partial charge < -0.3 is 0 Å². The summed E-state index contributed by atoms with van der Waals surface area (Å²) >= 11 is 0. The van der Waals surface area contributed by atoms with Crippen LogP contribution in [0.2, 0.25) is 0 Å². The molecular weight excluding hydrogens is 216 g/mol. The van der Waals surface area contributed by atoms with Crippen molar-refractivity contribution in [3.63, 3.8) is 0 Å². The van der Waals surface area contributed by atoms with Crippen molar-refractivity contribution in [2.45, 2.75) is 104 Å². The second kappa shape index (κ2) is 15.1. The van der Waals surface area contributed by atoms with Gasteiger partial charge in [0.05, 0.1) is 0 Å². The first-order valence-corrected chi connectivity index (χ1v) is 8.64. The van der Waals surface area contributed by atoms with Gasteiger partial charge in [-0.3, -0.25) is 0 Å². The van der Waals surface area contributed by atoms with E-state index in [4.69, 9.17) is 0 Å². The number of hydrogen-bond acceptors (Lipinski definition) is 0. The predicted molar refractivity (Wildman–Crippen MR) is 84.8 cm³/mol. The fourth-order valence-electron chi connectivity index (χ4n) is 2.76. The molecule has 0 rings (SSSR count). The molecule has 0 amide bonds. The van der Waals surface area contributed by atoms with Crippen molar-refractivity contribution in [3.8, 4) is 0 Å². The molecule has 0 N–H and O–H groups in total. The first-order valence-electron chi connectivity index (χ1n) is 8.64. The van der Waals surface area contributed by atoms with Crippen LogP contribution in [-0.2, 0) is 0 Å². The maximum absolute atomic E-state index is 3.96. The van der Waals surface area contributed by atoms with E-state index in [-0.39, 0.29) is 0 Å². The third-order valence-corrected chi connectivity index (χ3v) is 4.04. The third-order valence-electron chi connectivity index (χ3n) is 4.04. The second-order valence-electron chi connectivity index (χ2n) is 5.91. The molecule has 0 nitrogen and oxygen atoms in total. The molecule has 0 unspecified atom stereocenters. The van der Waals surface area contributed by atoms with Gasteiger partial charge in [-0.25, -0.2) is 0 Å². The van der Waals surface area contributed by atoms with Crippen molar-refractivity contribution >= 4 is 0 Å². The lowest BCUT2D eigenvalue weighted by Gasteiger charge is -2.16. The van der Waals surface area contributed by atoms with E-state index in [2.05, 4.69) is 20.8 Å². The number of unbranched alkanes of at least 4 members (excludes halogenated alkanes) is 8. The molecule has 18 heavy (non-hydrogen) atoms. The van der Waals surface area contributed by atoms with Crippen LogP contribution >= 0.6 is 0 Å². The number of rotatable bonds is 14. The Bertz CT molecular complexity index is 127. The van der Waals surface area contributed by atoms with E-state index in [9.17, 15) is 0 Å². The Hall–Kier alpha value is 0. The summed E-state index contributed by atoms with van der Waals surface area (Å²) in [5.74, 6) is 1.02. The van der Waals surface area contributed by atoms with Gasteiger partial charge >= 0.3 is 0 Å². The Balaban J connectivity index is 3.62. The summed E-state index contributed by atoms with van der Waals surface area (Å²) in [5.41, 5.74) is 0. The summed E-state index contributed by atoms with van der Waals surface area (Å²) in [6.45, 7) is 8.56. The van der Waals surface area contributed by atoms with E-state index in [1.54, 1.807) is 0 Å². The van der Waals surface area contributed by atoms with Gasteiger partial charge in [-0.05, 0) is 5.92 Å². The molecule has 1 radical (unpaired) electrons. The summed E-state index contributed by atoms with van der Waals surface area (Å²) in [4.78, 5) is 0. The van der Waals surface area contributed by atoms with Gasteiger partial charge in [0.2, 0.25) is 0 Å². The fraction of sp³-hybridized carbons (Fsp3) is 0.944. The van der Waals surface area contributed by atoms with Crippen LogP contribution < -0.4 is 0 Å². The van der Waals surface area contributed by atoms with Crippen LogP contribution in [0, 0.1) is 12.8 Å². The molecule has 0 bridgehead atoms. The van der Waals surface area contributed by atoms with Crippen molar-refractivity contribution in [3.05, 3.63) is 6.92 Å². The van der Waals surface area contributed by atoms with Crippen LogP contribution in [0.1, 0.15) is 104 Å². The molecule has 0 aliphatic heterocycles. The second-order valence-corrected chi connectivity index (χ2v) is 5.91. The zero-order chi connectivity index (χ0) is 13.5. The topological polar surface area (TPSA) is 0 Å². The zero-order valence-electron chi connectivity index (χ0n) is 13.2. The van der Waals surface area contributed by atoms with Gasteiger partial charge in [-0.2, -0.15) is 0 Å². The molecule has 0 aliphatic carbocycles. The van der Waals surface area contributed by atoms with Crippen molar-refractivity contribution in [1.82, 2.24) is 0 Å². The highest BCUT2D eigenvalue weighted by atomic mass is 14.1. The molecule has 0 spiro atoms. The van der Waals surface area contributed by atoms with Crippen molar-refractivity contribution in [2.24, 2.45) is 5.92 Å². The van der Waals surface area contributed by atoms with Crippen molar-refractivity contribution in [1.29, 1.82) is 0 Å². The van der Waals surface area contributed by atoms with Crippen LogP contribution in [0.25, 0.3) is 0 Å². The third kappa shape index (κ3) is 12.5. The Labute approximate surface area is 117 Å². The fourth-order valence-corrected chi connectivity index (χ4v) is 2.76. The van der Waals surface area contributed by atoms with Crippen LogP contribution in [0.3, 0.4) is 0 Å². The summed E-state index contributed by atoms with van der Waals surface area (Å²) < 4.78 is 0. The standard InChI is InChI=1S/C18H37/c1-4-7-10-13-16-18(15-12-9-6-3)17-14-11-8-5-2/h18H,3-17H2,1-2H3. The van der Waals surface area contributed by atoms with E-state index in [1.165, 1.54) is 83.5 Å². The molecule has 0 heteroatoms.